The maximum Gasteiger partial charge on any atom is 0.328 e. The fourth-order valence-corrected chi connectivity index (χ4v) is 4.49. The number of benzene rings is 1. The highest BCUT2D eigenvalue weighted by Crippen LogP contribution is 2.23. The number of hydrogen-bond donors (Lipinski definition) is 2. The second-order valence-electron chi connectivity index (χ2n) is 4.57. The summed E-state index contributed by atoms with van der Waals surface area (Å²) in [6.07, 6.45) is 2.58. The highest BCUT2D eigenvalue weighted by molar-refractivity contribution is 8.06. The Hall–Kier alpha value is -1.40. The van der Waals surface area contributed by atoms with Crippen molar-refractivity contribution in [2.75, 3.05) is 23.8 Å². The monoisotopic (exact) mass is 323 g/mol. The zero-order chi connectivity index (χ0) is 15.1. The Balaban J connectivity index is 1.85. The summed E-state index contributed by atoms with van der Waals surface area (Å²) in [5.74, 6) is 2.36. The Morgan fingerprint density at radius 1 is 1.29 bits per heavy atom. The standard InChI is InChI=1S/C15H17NO3S2/c17-14(18)6-3-11-1-4-12(5-2-11)15(19)16-9-13-10-20-7-8-21-13/h1-6,13H,7-10H2,(H,16,19)(H,17,18)/b6-3+. The number of carbonyl (C=O) groups is 2. The molecule has 0 aliphatic carbocycles. The number of carboxylic acid groups (broad SMARTS) is 1. The van der Waals surface area contributed by atoms with E-state index in [4.69, 9.17) is 5.11 Å². The van der Waals surface area contributed by atoms with E-state index in [1.807, 2.05) is 23.5 Å². The summed E-state index contributed by atoms with van der Waals surface area (Å²) in [4.78, 5) is 22.5. The van der Waals surface area contributed by atoms with E-state index in [9.17, 15) is 9.59 Å². The van der Waals surface area contributed by atoms with E-state index in [1.165, 1.54) is 11.8 Å². The third-order valence-electron chi connectivity index (χ3n) is 2.97. The van der Waals surface area contributed by atoms with Gasteiger partial charge in [0.15, 0.2) is 0 Å². The van der Waals surface area contributed by atoms with E-state index in [-0.39, 0.29) is 5.91 Å². The van der Waals surface area contributed by atoms with Crippen LogP contribution >= 0.6 is 23.5 Å². The van der Waals surface area contributed by atoms with Crippen molar-refractivity contribution < 1.29 is 14.7 Å². The van der Waals surface area contributed by atoms with Crippen LogP contribution in [-0.4, -0.2) is 46.0 Å². The summed E-state index contributed by atoms with van der Waals surface area (Å²) in [6.45, 7) is 0.692. The van der Waals surface area contributed by atoms with Crippen molar-refractivity contribution >= 4 is 41.5 Å². The second kappa shape index (κ2) is 8.14. The molecule has 0 spiro atoms. The van der Waals surface area contributed by atoms with E-state index >= 15 is 0 Å². The molecule has 1 heterocycles. The van der Waals surface area contributed by atoms with Gasteiger partial charge in [0.2, 0.25) is 0 Å². The first-order valence-corrected chi connectivity index (χ1v) is 8.84. The second-order valence-corrected chi connectivity index (χ2v) is 7.13. The van der Waals surface area contributed by atoms with Gasteiger partial charge in [-0.1, -0.05) is 12.1 Å². The average Bonchev–Trinajstić information content (AvgIpc) is 2.52. The van der Waals surface area contributed by atoms with Gasteiger partial charge in [-0.15, -0.1) is 0 Å². The Bertz CT molecular complexity index is 522. The SMILES string of the molecule is O=C(O)/C=C/c1ccc(C(=O)NCC2CSCCS2)cc1. The van der Waals surface area contributed by atoms with Gasteiger partial charge in [-0.25, -0.2) is 4.79 Å². The predicted octanol–water partition coefficient (Wildman–Crippen LogP) is 2.36. The van der Waals surface area contributed by atoms with Crippen molar-refractivity contribution in [1.29, 1.82) is 0 Å². The molecule has 1 unspecified atom stereocenters. The zero-order valence-corrected chi connectivity index (χ0v) is 13.1. The van der Waals surface area contributed by atoms with Crippen LogP contribution in [0.5, 0.6) is 0 Å². The molecule has 112 valence electrons. The van der Waals surface area contributed by atoms with Gasteiger partial charge in [0.25, 0.3) is 5.91 Å². The third kappa shape index (κ3) is 5.47. The van der Waals surface area contributed by atoms with Crippen LogP contribution in [-0.2, 0) is 4.79 Å². The first-order valence-electron chi connectivity index (χ1n) is 6.64. The highest BCUT2D eigenvalue weighted by atomic mass is 32.2. The van der Waals surface area contributed by atoms with E-state index in [0.717, 1.165) is 23.1 Å². The van der Waals surface area contributed by atoms with Gasteiger partial charge in [0.05, 0.1) is 0 Å². The molecule has 0 radical (unpaired) electrons. The number of nitrogens with one attached hydrogen (secondary N) is 1. The first-order chi connectivity index (χ1) is 10.1. The van der Waals surface area contributed by atoms with Gasteiger partial charge in [-0.2, -0.15) is 23.5 Å². The molecule has 1 saturated heterocycles. The van der Waals surface area contributed by atoms with Gasteiger partial charge >= 0.3 is 5.97 Å². The fraction of sp³-hybridized carbons (Fsp3) is 0.333. The molecule has 1 aromatic rings. The van der Waals surface area contributed by atoms with Gasteiger partial charge in [-0.05, 0) is 23.8 Å². The number of rotatable bonds is 5. The molecule has 0 saturated carbocycles. The van der Waals surface area contributed by atoms with Crippen molar-refractivity contribution in [1.82, 2.24) is 5.32 Å². The number of carbonyl (C=O) groups excluding carboxylic acids is 1. The summed E-state index contributed by atoms with van der Waals surface area (Å²) in [5, 5.41) is 12.0. The van der Waals surface area contributed by atoms with Crippen molar-refractivity contribution in [3.05, 3.63) is 41.5 Å². The summed E-state index contributed by atoms with van der Waals surface area (Å²) in [5.41, 5.74) is 1.35. The molecule has 1 atom stereocenters. The number of thioether (sulfide) groups is 2. The molecular weight excluding hydrogens is 306 g/mol. The summed E-state index contributed by atoms with van der Waals surface area (Å²) >= 11 is 3.84. The van der Waals surface area contributed by atoms with Crippen molar-refractivity contribution in [2.45, 2.75) is 5.25 Å². The molecule has 4 nitrogen and oxygen atoms in total. The van der Waals surface area contributed by atoms with Crippen LogP contribution in [0.1, 0.15) is 15.9 Å². The average molecular weight is 323 g/mol. The number of hydrogen-bond acceptors (Lipinski definition) is 4. The van der Waals surface area contributed by atoms with Crippen molar-refractivity contribution in [3.8, 4) is 0 Å². The largest absolute Gasteiger partial charge is 0.478 e. The molecule has 0 bridgehead atoms. The molecule has 0 aromatic heterocycles. The van der Waals surface area contributed by atoms with Crippen LogP contribution in [0.15, 0.2) is 30.3 Å². The molecule has 2 rings (SSSR count). The number of aliphatic carboxylic acids is 1. The Morgan fingerprint density at radius 2 is 2.05 bits per heavy atom. The Kier molecular flexibility index (Phi) is 6.20. The summed E-state index contributed by atoms with van der Waals surface area (Å²) < 4.78 is 0. The number of carboxylic acids is 1. The zero-order valence-electron chi connectivity index (χ0n) is 11.5. The van der Waals surface area contributed by atoms with Crippen LogP contribution in [0.4, 0.5) is 0 Å². The molecule has 1 aromatic carbocycles. The van der Waals surface area contributed by atoms with Crippen LogP contribution in [0.2, 0.25) is 0 Å². The maximum absolute atomic E-state index is 12.0. The van der Waals surface area contributed by atoms with E-state index < -0.39 is 5.97 Å². The lowest BCUT2D eigenvalue weighted by molar-refractivity contribution is -0.131. The van der Waals surface area contributed by atoms with Crippen LogP contribution in [0.3, 0.4) is 0 Å². The van der Waals surface area contributed by atoms with Gasteiger partial charge in [0, 0.05) is 40.7 Å². The topological polar surface area (TPSA) is 66.4 Å². The minimum atomic E-state index is -0.986. The summed E-state index contributed by atoms with van der Waals surface area (Å²) in [6, 6.07) is 6.89. The van der Waals surface area contributed by atoms with E-state index in [2.05, 4.69) is 5.32 Å². The normalized spacial score (nSPS) is 18.6. The summed E-state index contributed by atoms with van der Waals surface area (Å²) in [7, 11) is 0. The molecule has 1 fully saturated rings. The lowest BCUT2D eigenvalue weighted by Crippen LogP contribution is -2.33. The molecule has 21 heavy (non-hydrogen) atoms. The lowest BCUT2D eigenvalue weighted by Gasteiger charge is -2.21. The molecule has 1 aliphatic rings. The molecule has 1 aliphatic heterocycles. The minimum absolute atomic E-state index is 0.0834. The quantitative estimate of drug-likeness (QED) is 0.814. The lowest BCUT2D eigenvalue weighted by atomic mass is 10.1. The fourth-order valence-electron chi connectivity index (χ4n) is 1.88. The van der Waals surface area contributed by atoms with Crippen molar-refractivity contribution in [3.63, 3.8) is 0 Å². The van der Waals surface area contributed by atoms with Gasteiger partial charge < -0.3 is 10.4 Å². The van der Waals surface area contributed by atoms with E-state index in [0.29, 0.717) is 17.4 Å². The van der Waals surface area contributed by atoms with Gasteiger partial charge in [0.1, 0.15) is 0 Å². The Labute approximate surface area is 132 Å². The first kappa shape index (κ1) is 16.0. The van der Waals surface area contributed by atoms with Crippen LogP contribution in [0, 0.1) is 0 Å². The Morgan fingerprint density at radius 3 is 2.67 bits per heavy atom. The molecular formula is C15H17NO3S2. The van der Waals surface area contributed by atoms with E-state index in [1.54, 1.807) is 24.3 Å². The number of amides is 1. The maximum atomic E-state index is 12.0. The highest BCUT2D eigenvalue weighted by Gasteiger charge is 2.15. The third-order valence-corrected chi connectivity index (χ3v) is 5.81. The molecule has 1 amide bonds. The molecule has 2 N–H and O–H groups in total. The van der Waals surface area contributed by atoms with Crippen LogP contribution < -0.4 is 5.32 Å². The smallest absolute Gasteiger partial charge is 0.328 e. The van der Waals surface area contributed by atoms with Crippen LogP contribution in [0.25, 0.3) is 6.08 Å². The van der Waals surface area contributed by atoms with Crippen molar-refractivity contribution in [2.24, 2.45) is 0 Å². The minimum Gasteiger partial charge on any atom is -0.478 e. The predicted molar refractivity (Wildman–Crippen MR) is 89.0 cm³/mol. The van der Waals surface area contributed by atoms with Gasteiger partial charge in [-0.3, -0.25) is 4.79 Å². The molecule has 6 heteroatoms.